The first-order valence-electron chi connectivity index (χ1n) is 6.65. The average molecular weight is 308 g/mol. The van der Waals surface area contributed by atoms with Crippen LogP contribution in [-0.2, 0) is 0 Å². The van der Waals surface area contributed by atoms with Crippen LogP contribution in [0.4, 0.5) is 9.52 Å². The molecule has 0 saturated heterocycles. The largest absolute Gasteiger partial charge is 0.360 e. The predicted molar refractivity (Wildman–Crippen MR) is 81.1 cm³/mol. The number of aryl methyl sites for hydroxylation is 1. The van der Waals surface area contributed by atoms with Crippen molar-refractivity contribution < 1.29 is 9.18 Å². The van der Waals surface area contributed by atoms with Crippen LogP contribution in [0.15, 0.2) is 18.2 Å². The van der Waals surface area contributed by atoms with Crippen molar-refractivity contribution in [3.8, 4) is 0 Å². The van der Waals surface area contributed by atoms with Crippen LogP contribution in [0.1, 0.15) is 40.8 Å². The van der Waals surface area contributed by atoms with Crippen LogP contribution in [0.3, 0.4) is 0 Å². The molecule has 0 saturated carbocycles. The third-order valence-electron chi connectivity index (χ3n) is 2.99. The van der Waals surface area contributed by atoms with Gasteiger partial charge >= 0.3 is 0 Å². The summed E-state index contributed by atoms with van der Waals surface area (Å²) < 4.78 is 13.5. The smallest absolute Gasteiger partial charge is 0.282 e. The molecule has 2 rings (SSSR count). The first kappa shape index (κ1) is 15.4. The van der Waals surface area contributed by atoms with Crippen LogP contribution in [-0.4, -0.2) is 22.6 Å². The normalized spacial score (nSPS) is 12.0. The Bertz CT molecular complexity index is 644. The number of amides is 1. The fourth-order valence-corrected chi connectivity index (χ4v) is 2.47. The van der Waals surface area contributed by atoms with Crippen molar-refractivity contribution >= 4 is 22.4 Å². The van der Waals surface area contributed by atoms with Gasteiger partial charge in [-0.05, 0) is 38.0 Å². The lowest BCUT2D eigenvalue weighted by Gasteiger charge is -2.13. The van der Waals surface area contributed by atoms with E-state index in [1.54, 1.807) is 26.0 Å². The van der Waals surface area contributed by atoms with Gasteiger partial charge in [-0.2, -0.15) is 0 Å². The van der Waals surface area contributed by atoms with Crippen molar-refractivity contribution in [3.63, 3.8) is 0 Å². The molecule has 2 aromatic rings. The van der Waals surface area contributed by atoms with Crippen LogP contribution in [0, 0.1) is 12.7 Å². The number of nitrogens with one attached hydrogen (secondary N) is 2. The van der Waals surface area contributed by atoms with Gasteiger partial charge in [0.2, 0.25) is 10.1 Å². The molecule has 112 valence electrons. The summed E-state index contributed by atoms with van der Waals surface area (Å²) >= 11 is 1.19. The quantitative estimate of drug-likeness (QED) is 0.891. The molecule has 0 radical (unpaired) electrons. The number of hydrogen-bond donors (Lipinski definition) is 2. The molecule has 21 heavy (non-hydrogen) atoms. The van der Waals surface area contributed by atoms with Gasteiger partial charge in [0.05, 0.1) is 6.04 Å². The molecule has 0 aliphatic rings. The molecule has 1 aromatic carbocycles. The van der Waals surface area contributed by atoms with Gasteiger partial charge in [-0.1, -0.05) is 23.5 Å². The van der Waals surface area contributed by atoms with Crippen molar-refractivity contribution in [2.75, 3.05) is 11.9 Å². The Balaban J connectivity index is 2.05. The molecule has 0 bridgehead atoms. The average Bonchev–Trinajstić information content (AvgIpc) is 2.91. The Hall–Kier alpha value is -2.02. The number of anilines is 1. The number of hydrogen-bond acceptors (Lipinski definition) is 5. The highest BCUT2D eigenvalue weighted by Crippen LogP contribution is 2.19. The number of nitrogens with zero attached hydrogens (tertiary/aromatic N) is 2. The summed E-state index contributed by atoms with van der Waals surface area (Å²) in [6.07, 6.45) is 0. The summed E-state index contributed by atoms with van der Waals surface area (Å²) in [5, 5.41) is 14.4. The lowest BCUT2D eigenvalue weighted by molar-refractivity contribution is 0.0938. The van der Waals surface area contributed by atoms with Crippen molar-refractivity contribution in [1.82, 2.24) is 15.5 Å². The summed E-state index contributed by atoms with van der Waals surface area (Å²) in [7, 11) is 0. The highest BCUT2D eigenvalue weighted by molar-refractivity contribution is 7.17. The lowest BCUT2D eigenvalue weighted by Crippen LogP contribution is -2.26. The molecule has 0 aliphatic carbocycles. The number of halogens is 1. The minimum Gasteiger partial charge on any atom is -0.360 e. The Morgan fingerprint density at radius 3 is 2.86 bits per heavy atom. The monoisotopic (exact) mass is 308 g/mol. The molecule has 0 fully saturated rings. The van der Waals surface area contributed by atoms with Gasteiger partial charge < -0.3 is 10.6 Å². The van der Waals surface area contributed by atoms with Crippen LogP contribution < -0.4 is 10.6 Å². The highest BCUT2D eigenvalue weighted by Gasteiger charge is 2.16. The van der Waals surface area contributed by atoms with Crippen LogP contribution in [0.25, 0.3) is 0 Å². The van der Waals surface area contributed by atoms with E-state index in [0.717, 1.165) is 6.54 Å². The first-order valence-corrected chi connectivity index (χ1v) is 7.47. The number of rotatable bonds is 5. The third kappa shape index (κ3) is 3.75. The second-order valence-corrected chi connectivity index (χ2v) is 5.62. The molecule has 1 amide bonds. The van der Waals surface area contributed by atoms with E-state index in [0.29, 0.717) is 16.3 Å². The maximum atomic E-state index is 13.5. The Labute approximate surface area is 126 Å². The van der Waals surface area contributed by atoms with Crippen molar-refractivity contribution in [1.29, 1.82) is 0 Å². The highest BCUT2D eigenvalue weighted by atomic mass is 32.1. The minimum absolute atomic E-state index is 0.279. The summed E-state index contributed by atoms with van der Waals surface area (Å²) in [5.74, 6) is -0.593. The second kappa shape index (κ2) is 6.62. The Kier molecular flexibility index (Phi) is 4.85. The van der Waals surface area contributed by atoms with E-state index in [4.69, 9.17) is 0 Å². The number of carbonyl (C=O) groups excluding carboxylic acids is 1. The van der Waals surface area contributed by atoms with Gasteiger partial charge in [0.1, 0.15) is 5.82 Å². The fraction of sp³-hybridized carbons (Fsp3) is 0.357. The molecule has 1 atom stereocenters. The molecular formula is C14H17FN4OS. The molecule has 1 heterocycles. The SMILES string of the molecule is CCNc1nnc(C(=O)NC(C)c2ccc(C)c(F)c2)s1. The Morgan fingerprint density at radius 2 is 2.19 bits per heavy atom. The minimum atomic E-state index is -0.315. The van der Waals surface area contributed by atoms with Gasteiger partial charge in [-0.25, -0.2) is 4.39 Å². The fourth-order valence-electron chi connectivity index (χ4n) is 1.76. The topological polar surface area (TPSA) is 66.9 Å². The number of carbonyl (C=O) groups is 1. The summed E-state index contributed by atoms with van der Waals surface area (Å²) in [6, 6.07) is 4.62. The molecule has 7 heteroatoms. The van der Waals surface area contributed by atoms with E-state index in [1.165, 1.54) is 17.4 Å². The summed E-state index contributed by atoms with van der Waals surface area (Å²) in [4.78, 5) is 12.1. The Morgan fingerprint density at radius 1 is 1.43 bits per heavy atom. The third-order valence-corrected chi connectivity index (χ3v) is 3.87. The lowest BCUT2D eigenvalue weighted by atomic mass is 10.1. The molecule has 2 N–H and O–H groups in total. The maximum Gasteiger partial charge on any atom is 0.282 e. The van der Waals surface area contributed by atoms with Gasteiger partial charge in [0, 0.05) is 6.54 Å². The molecule has 1 aromatic heterocycles. The van der Waals surface area contributed by atoms with E-state index >= 15 is 0 Å². The van der Waals surface area contributed by atoms with E-state index in [1.807, 2.05) is 6.92 Å². The van der Waals surface area contributed by atoms with Crippen molar-refractivity contribution in [2.24, 2.45) is 0 Å². The standard InChI is InChI=1S/C14H17FN4OS/c1-4-16-14-19-18-13(21-14)12(20)17-9(3)10-6-5-8(2)11(15)7-10/h5-7,9H,4H2,1-3H3,(H,16,19)(H,17,20). The van der Waals surface area contributed by atoms with Crippen molar-refractivity contribution in [2.45, 2.75) is 26.8 Å². The zero-order valence-electron chi connectivity index (χ0n) is 12.1. The molecule has 0 aliphatic heterocycles. The molecular weight excluding hydrogens is 291 g/mol. The van der Waals surface area contributed by atoms with E-state index in [-0.39, 0.29) is 22.8 Å². The molecule has 0 spiro atoms. The van der Waals surface area contributed by atoms with Gasteiger partial charge in [-0.3, -0.25) is 4.79 Å². The number of benzene rings is 1. The number of aromatic nitrogens is 2. The second-order valence-electron chi connectivity index (χ2n) is 4.65. The van der Waals surface area contributed by atoms with Crippen LogP contribution in [0.2, 0.25) is 0 Å². The van der Waals surface area contributed by atoms with Crippen LogP contribution in [0.5, 0.6) is 0 Å². The maximum absolute atomic E-state index is 13.5. The summed E-state index contributed by atoms with van der Waals surface area (Å²) in [6.45, 7) is 6.16. The van der Waals surface area contributed by atoms with E-state index in [9.17, 15) is 9.18 Å². The zero-order valence-corrected chi connectivity index (χ0v) is 12.9. The van der Waals surface area contributed by atoms with Gasteiger partial charge in [0.15, 0.2) is 0 Å². The molecule has 1 unspecified atom stereocenters. The summed E-state index contributed by atoms with van der Waals surface area (Å²) in [5.41, 5.74) is 1.29. The van der Waals surface area contributed by atoms with Crippen LogP contribution >= 0.6 is 11.3 Å². The zero-order chi connectivity index (χ0) is 15.4. The van der Waals surface area contributed by atoms with Gasteiger partial charge in [0.25, 0.3) is 5.91 Å². The van der Waals surface area contributed by atoms with E-state index in [2.05, 4.69) is 20.8 Å². The molecule has 5 nitrogen and oxygen atoms in total. The van der Waals surface area contributed by atoms with E-state index < -0.39 is 0 Å². The predicted octanol–water partition coefficient (Wildman–Crippen LogP) is 2.91. The van der Waals surface area contributed by atoms with Gasteiger partial charge in [-0.15, -0.1) is 10.2 Å². The van der Waals surface area contributed by atoms with Crippen molar-refractivity contribution in [3.05, 3.63) is 40.2 Å². The first-order chi connectivity index (χ1) is 10.0.